The third-order valence-corrected chi connectivity index (χ3v) is 7.69. The van der Waals surface area contributed by atoms with Crippen molar-refractivity contribution in [3.05, 3.63) is 71.2 Å². The topological polar surface area (TPSA) is 116 Å². The zero-order valence-corrected chi connectivity index (χ0v) is 23.6. The van der Waals surface area contributed by atoms with Gasteiger partial charge in [-0.1, -0.05) is 0 Å². The largest absolute Gasteiger partial charge is 0.493 e. The number of alkyl halides is 3. The van der Waals surface area contributed by atoms with Gasteiger partial charge in [-0.2, -0.15) is 13.2 Å². The van der Waals surface area contributed by atoms with Gasteiger partial charge >= 0.3 is 6.18 Å². The number of ether oxygens (including phenoxy) is 3. The molecule has 3 aromatic rings. The summed E-state index contributed by atoms with van der Waals surface area (Å²) in [5, 5.41) is 12.2. The number of methoxy groups -OCH3 is 1. The molecular formula is C27H27F4N3O5Si. The predicted octanol–water partition coefficient (Wildman–Crippen LogP) is 2.49. The molecule has 1 fully saturated rings. The number of hydrogen-bond acceptors (Lipinski definition) is 7. The van der Waals surface area contributed by atoms with Gasteiger partial charge in [-0.3, -0.25) is 4.79 Å². The van der Waals surface area contributed by atoms with E-state index in [9.17, 15) is 27.5 Å². The van der Waals surface area contributed by atoms with E-state index in [1.807, 2.05) is 0 Å². The third kappa shape index (κ3) is 5.23. The van der Waals surface area contributed by atoms with E-state index in [4.69, 9.17) is 19.9 Å². The fourth-order valence-electron chi connectivity index (χ4n) is 4.34. The fourth-order valence-corrected chi connectivity index (χ4v) is 4.85. The zero-order valence-electron chi connectivity index (χ0n) is 21.6. The normalized spacial score (nSPS) is 19.9. The van der Waals surface area contributed by atoms with Crippen molar-refractivity contribution in [2.75, 3.05) is 20.3 Å². The van der Waals surface area contributed by atoms with E-state index in [-0.39, 0.29) is 46.6 Å². The molecule has 1 aromatic heterocycles. The van der Waals surface area contributed by atoms with Crippen LogP contribution in [0.5, 0.6) is 17.2 Å². The Hall–Kier alpha value is -3.68. The predicted molar refractivity (Wildman–Crippen MR) is 140 cm³/mol. The van der Waals surface area contributed by atoms with E-state index < -0.39 is 40.9 Å². The number of nitrogens with one attached hydrogen (secondary N) is 1. The standard InChI is InChI=1S/C27H27F4N3O5Si/c1-37-20-10-15(4-9-19(20)39-17-7-8-17)24(35)33-12-25(36,27(29,30)31)21-11-18-23(38-13-26(18,32)40)22(34-21)14-2-5-16(28)6-3-14/h2-6,9-11,17,36H,7-8,12-13,32H2,1,40H3,(H,33,35)/t25?,26-/m1/s1. The highest BCUT2D eigenvalue weighted by Gasteiger charge is 2.57. The summed E-state index contributed by atoms with van der Waals surface area (Å²) in [5.41, 5.74) is 2.47. The molecule has 0 radical (unpaired) electrons. The van der Waals surface area contributed by atoms with Crippen molar-refractivity contribution in [3.8, 4) is 28.5 Å². The number of fused-ring (bicyclic) bond motifs is 1. The van der Waals surface area contributed by atoms with Gasteiger partial charge in [0.05, 0.1) is 30.6 Å². The van der Waals surface area contributed by atoms with Crippen molar-refractivity contribution in [2.45, 2.75) is 35.9 Å². The molecule has 5 rings (SSSR count). The van der Waals surface area contributed by atoms with Crippen LogP contribution < -0.4 is 25.3 Å². The molecule has 1 aliphatic heterocycles. The Kier molecular flexibility index (Phi) is 7.00. The Morgan fingerprint density at radius 1 is 1.20 bits per heavy atom. The summed E-state index contributed by atoms with van der Waals surface area (Å²) in [5.74, 6) is -0.590. The summed E-state index contributed by atoms with van der Waals surface area (Å²) < 4.78 is 73.7. The number of hydrogen-bond donors (Lipinski definition) is 3. The smallest absolute Gasteiger partial charge is 0.424 e. The van der Waals surface area contributed by atoms with Crippen LogP contribution in [0.3, 0.4) is 0 Å². The van der Waals surface area contributed by atoms with Crippen LogP contribution in [0.2, 0.25) is 0 Å². The molecule has 0 bridgehead atoms. The molecule has 2 aromatic carbocycles. The molecule has 1 aliphatic carbocycles. The van der Waals surface area contributed by atoms with Gasteiger partial charge in [0.25, 0.3) is 5.91 Å². The van der Waals surface area contributed by atoms with E-state index in [2.05, 4.69) is 10.3 Å². The maximum atomic E-state index is 14.5. The lowest BCUT2D eigenvalue weighted by molar-refractivity contribution is -0.265. The minimum atomic E-state index is -5.25. The second kappa shape index (κ2) is 10.1. The van der Waals surface area contributed by atoms with Crippen molar-refractivity contribution in [3.63, 3.8) is 0 Å². The van der Waals surface area contributed by atoms with Crippen LogP contribution in [0.15, 0.2) is 48.5 Å². The second-order valence-electron chi connectivity index (χ2n) is 10.2. The highest BCUT2D eigenvalue weighted by atomic mass is 28.1. The first-order valence-corrected chi connectivity index (χ1v) is 13.5. The molecule has 1 saturated carbocycles. The number of pyridine rings is 1. The van der Waals surface area contributed by atoms with Gasteiger partial charge in [0.2, 0.25) is 5.60 Å². The Labute approximate surface area is 229 Å². The van der Waals surface area contributed by atoms with E-state index in [0.29, 0.717) is 16.0 Å². The second-order valence-corrected chi connectivity index (χ2v) is 12.0. The first kappa shape index (κ1) is 27.9. The molecule has 1 unspecified atom stereocenters. The summed E-state index contributed by atoms with van der Waals surface area (Å²) >= 11 is 0. The summed E-state index contributed by atoms with van der Waals surface area (Å²) in [6.07, 6.45) is -3.38. The highest BCUT2D eigenvalue weighted by molar-refractivity contribution is 6.16. The summed E-state index contributed by atoms with van der Waals surface area (Å²) in [6.45, 7) is -1.23. The van der Waals surface area contributed by atoms with Gasteiger partial charge in [0.1, 0.15) is 18.1 Å². The van der Waals surface area contributed by atoms with Crippen LogP contribution in [-0.4, -0.2) is 58.8 Å². The lowest BCUT2D eigenvalue weighted by Crippen LogP contribution is -2.51. The van der Waals surface area contributed by atoms with E-state index in [1.54, 1.807) is 0 Å². The molecule has 2 aliphatic rings. The summed E-state index contributed by atoms with van der Waals surface area (Å²) in [6, 6.07) is 10.3. The van der Waals surface area contributed by atoms with Crippen molar-refractivity contribution < 1.29 is 41.7 Å². The Balaban J connectivity index is 1.49. The minimum Gasteiger partial charge on any atom is -0.493 e. The molecule has 0 saturated heterocycles. The molecule has 40 heavy (non-hydrogen) atoms. The molecular weight excluding hydrogens is 550 g/mol. The highest BCUT2D eigenvalue weighted by Crippen LogP contribution is 2.45. The maximum absolute atomic E-state index is 14.5. The van der Waals surface area contributed by atoms with E-state index in [1.165, 1.54) is 37.4 Å². The average molecular weight is 578 g/mol. The lowest BCUT2D eigenvalue weighted by atomic mass is 9.93. The molecule has 212 valence electrons. The van der Waals surface area contributed by atoms with Crippen LogP contribution in [0.4, 0.5) is 17.6 Å². The van der Waals surface area contributed by atoms with Gasteiger partial charge in [-0.05, 0) is 61.4 Å². The number of aliphatic hydroxyl groups is 1. The number of rotatable bonds is 8. The van der Waals surface area contributed by atoms with Crippen molar-refractivity contribution >= 4 is 16.1 Å². The number of nitrogens with zero attached hydrogens (tertiary/aromatic N) is 1. The lowest BCUT2D eigenvalue weighted by Gasteiger charge is -2.31. The van der Waals surface area contributed by atoms with Crippen molar-refractivity contribution in [1.82, 2.24) is 10.3 Å². The number of benzene rings is 2. The van der Waals surface area contributed by atoms with Gasteiger partial charge < -0.3 is 30.4 Å². The fraction of sp³-hybridized carbons (Fsp3) is 0.333. The van der Waals surface area contributed by atoms with Crippen LogP contribution >= 0.6 is 0 Å². The van der Waals surface area contributed by atoms with Crippen LogP contribution in [0.1, 0.15) is 34.5 Å². The minimum absolute atomic E-state index is 0.00682. The Bertz CT molecular complexity index is 1450. The summed E-state index contributed by atoms with van der Waals surface area (Å²) in [4.78, 5) is 17.0. The maximum Gasteiger partial charge on any atom is 0.424 e. The van der Waals surface area contributed by atoms with Gasteiger partial charge in [-0.25, -0.2) is 9.37 Å². The number of aromatic nitrogens is 1. The number of halogens is 4. The number of amides is 1. The number of carbonyl (C=O) groups is 1. The third-order valence-electron chi connectivity index (χ3n) is 6.86. The molecule has 4 N–H and O–H groups in total. The number of nitrogens with two attached hydrogens (primary N) is 1. The molecule has 1 amide bonds. The van der Waals surface area contributed by atoms with Gasteiger partial charge in [0, 0.05) is 26.9 Å². The average Bonchev–Trinajstić information content (AvgIpc) is 3.68. The SMILES string of the molecule is COc1cc(C(=O)NCC(O)(c2cc3c(c(-c4ccc(F)cc4)n2)OC[C@@]3(N)[SiH3])C(F)(F)F)ccc1OC1CC1. The van der Waals surface area contributed by atoms with E-state index in [0.717, 1.165) is 31.0 Å². The molecule has 2 heterocycles. The van der Waals surface area contributed by atoms with Gasteiger partial charge in [-0.15, -0.1) is 0 Å². The Morgan fingerprint density at radius 3 is 2.52 bits per heavy atom. The monoisotopic (exact) mass is 577 g/mol. The molecule has 8 nitrogen and oxygen atoms in total. The Morgan fingerprint density at radius 2 is 1.90 bits per heavy atom. The van der Waals surface area contributed by atoms with Gasteiger partial charge in [0.15, 0.2) is 17.2 Å². The number of carbonyl (C=O) groups excluding carboxylic acids is 1. The zero-order chi connectivity index (χ0) is 28.9. The van der Waals surface area contributed by atoms with Crippen molar-refractivity contribution in [2.24, 2.45) is 5.73 Å². The first-order valence-electron chi connectivity index (χ1n) is 12.5. The summed E-state index contributed by atoms with van der Waals surface area (Å²) in [7, 11) is 1.70. The van der Waals surface area contributed by atoms with Crippen LogP contribution in [0.25, 0.3) is 11.3 Å². The van der Waals surface area contributed by atoms with Crippen molar-refractivity contribution in [1.29, 1.82) is 0 Å². The first-order chi connectivity index (χ1) is 18.8. The molecule has 13 heteroatoms. The van der Waals surface area contributed by atoms with Crippen LogP contribution in [-0.2, 0) is 10.8 Å². The van der Waals surface area contributed by atoms with Crippen LogP contribution in [0, 0.1) is 5.82 Å². The van der Waals surface area contributed by atoms with E-state index >= 15 is 0 Å². The quantitative estimate of drug-likeness (QED) is 0.278. The molecule has 2 atom stereocenters. The molecule has 0 spiro atoms.